The zero-order valence-electron chi connectivity index (χ0n) is 38.8. The second-order valence-corrected chi connectivity index (χ2v) is 17.9. The molecule has 0 N–H and O–H groups in total. The van der Waals surface area contributed by atoms with Gasteiger partial charge in [0.05, 0.1) is 0 Å². The number of carbonyl (C=O) groups excluding carboxylic acids is 3. The summed E-state index contributed by atoms with van der Waals surface area (Å²) in [4.78, 5) is 37.8. The molecular weight excluding hydrogens is 709 g/mol. The number of hydrogen-bond donors (Lipinski definition) is 0. The summed E-state index contributed by atoms with van der Waals surface area (Å²) in [7, 11) is 0. The molecule has 0 aliphatic heterocycles. The Hall–Kier alpha value is -1.59. The van der Waals surface area contributed by atoms with Crippen LogP contribution >= 0.6 is 0 Å². The molecule has 0 saturated carbocycles. The van der Waals surface area contributed by atoms with Gasteiger partial charge in [-0.1, -0.05) is 246 Å². The molecule has 0 rings (SSSR count). The van der Waals surface area contributed by atoms with Crippen molar-refractivity contribution in [1.82, 2.24) is 0 Å². The first-order valence-electron chi connectivity index (χ1n) is 25.4. The van der Waals surface area contributed by atoms with Gasteiger partial charge in [0.1, 0.15) is 13.2 Å². The van der Waals surface area contributed by atoms with Gasteiger partial charge in [-0.3, -0.25) is 14.4 Å². The van der Waals surface area contributed by atoms with Crippen LogP contribution in [0.15, 0.2) is 0 Å². The van der Waals surface area contributed by atoms with E-state index >= 15 is 0 Å². The summed E-state index contributed by atoms with van der Waals surface area (Å²) < 4.78 is 16.8. The molecule has 0 bridgehead atoms. The van der Waals surface area contributed by atoms with E-state index in [1.165, 1.54) is 180 Å². The molecule has 0 aromatic carbocycles. The molecule has 0 aromatic rings. The normalized spacial score (nSPS) is 11.9. The van der Waals surface area contributed by atoms with Crippen LogP contribution < -0.4 is 0 Å². The highest BCUT2D eigenvalue weighted by Gasteiger charge is 2.19. The maximum atomic E-state index is 12.7. The number of unbranched alkanes of at least 4 members (excludes halogenated alkanes) is 33. The lowest BCUT2D eigenvalue weighted by Crippen LogP contribution is -2.30. The van der Waals surface area contributed by atoms with Crippen LogP contribution in [0.2, 0.25) is 0 Å². The molecule has 1 atom stereocenters. The van der Waals surface area contributed by atoms with E-state index in [0.717, 1.165) is 63.7 Å². The highest BCUT2D eigenvalue weighted by Crippen LogP contribution is 2.17. The molecule has 0 saturated heterocycles. The van der Waals surface area contributed by atoms with Gasteiger partial charge in [-0.15, -0.1) is 0 Å². The molecule has 0 aliphatic rings. The van der Waals surface area contributed by atoms with Crippen molar-refractivity contribution in [3.63, 3.8) is 0 Å². The van der Waals surface area contributed by atoms with Crippen LogP contribution in [0.5, 0.6) is 0 Å². The Labute approximate surface area is 355 Å². The van der Waals surface area contributed by atoms with Crippen molar-refractivity contribution >= 4 is 17.9 Å². The fourth-order valence-corrected chi connectivity index (χ4v) is 7.69. The Morgan fingerprint density at radius 3 is 0.860 bits per heavy atom. The van der Waals surface area contributed by atoms with Crippen molar-refractivity contribution in [3.05, 3.63) is 0 Å². The largest absolute Gasteiger partial charge is 0.462 e. The summed E-state index contributed by atoms with van der Waals surface area (Å²) >= 11 is 0. The van der Waals surface area contributed by atoms with Crippen molar-refractivity contribution in [1.29, 1.82) is 0 Å². The monoisotopic (exact) mass is 807 g/mol. The molecule has 0 unspecified atom stereocenters. The van der Waals surface area contributed by atoms with Crippen LogP contribution in [0.4, 0.5) is 0 Å². The summed E-state index contributed by atoms with van der Waals surface area (Å²) in [6.45, 7) is 8.98. The van der Waals surface area contributed by atoms with E-state index < -0.39 is 6.10 Å². The Bertz CT molecular complexity index is 857. The fourth-order valence-electron chi connectivity index (χ4n) is 7.69. The van der Waals surface area contributed by atoms with Crippen LogP contribution in [0.25, 0.3) is 0 Å². The Morgan fingerprint density at radius 1 is 0.333 bits per heavy atom. The van der Waals surface area contributed by atoms with Crippen molar-refractivity contribution in [2.24, 2.45) is 5.92 Å². The number of esters is 3. The molecule has 6 nitrogen and oxygen atoms in total. The minimum absolute atomic E-state index is 0.0634. The summed E-state index contributed by atoms with van der Waals surface area (Å²) in [6.07, 6.45) is 46.7. The van der Waals surface area contributed by atoms with Crippen molar-refractivity contribution in [2.45, 2.75) is 291 Å². The van der Waals surface area contributed by atoms with E-state index in [1.807, 2.05) is 0 Å². The highest BCUT2D eigenvalue weighted by molar-refractivity contribution is 5.71. The van der Waals surface area contributed by atoms with Gasteiger partial charge in [-0.2, -0.15) is 0 Å². The first-order valence-corrected chi connectivity index (χ1v) is 25.4. The summed E-state index contributed by atoms with van der Waals surface area (Å²) in [5.74, 6) is -0.0419. The number of rotatable bonds is 46. The first kappa shape index (κ1) is 55.4. The quantitative estimate of drug-likeness (QED) is 0.0346. The smallest absolute Gasteiger partial charge is 0.306 e. The van der Waals surface area contributed by atoms with E-state index in [4.69, 9.17) is 14.2 Å². The lowest BCUT2D eigenvalue weighted by atomic mass is 10.0. The van der Waals surface area contributed by atoms with Crippen LogP contribution in [0.1, 0.15) is 285 Å². The summed E-state index contributed by atoms with van der Waals surface area (Å²) in [5, 5.41) is 0. The molecule has 0 spiro atoms. The third kappa shape index (κ3) is 45.3. The van der Waals surface area contributed by atoms with Gasteiger partial charge in [0.15, 0.2) is 6.10 Å². The predicted octanol–water partition coefficient (Wildman–Crippen LogP) is 16.3. The molecule has 0 heterocycles. The molecule has 0 aliphatic carbocycles. The molecule has 0 aromatic heterocycles. The minimum atomic E-state index is -0.759. The average molecular weight is 807 g/mol. The predicted molar refractivity (Wildman–Crippen MR) is 243 cm³/mol. The molecule has 0 fully saturated rings. The van der Waals surface area contributed by atoms with E-state index in [9.17, 15) is 14.4 Å². The van der Waals surface area contributed by atoms with E-state index in [-0.39, 0.29) is 31.1 Å². The zero-order chi connectivity index (χ0) is 41.7. The molecule has 57 heavy (non-hydrogen) atoms. The second-order valence-electron chi connectivity index (χ2n) is 17.9. The maximum Gasteiger partial charge on any atom is 0.306 e. The van der Waals surface area contributed by atoms with Gasteiger partial charge >= 0.3 is 17.9 Å². The second kappa shape index (κ2) is 45.5. The molecule has 0 radical (unpaired) electrons. The van der Waals surface area contributed by atoms with Gasteiger partial charge in [0.25, 0.3) is 0 Å². The summed E-state index contributed by atoms with van der Waals surface area (Å²) in [6, 6.07) is 0. The van der Waals surface area contributed by atoms with Gasteiger partial charge in [-0.05, 0) is 25.2 Å². The minimum Gasteiger partial charge on any atom is -0.462 e. The van der Waals surface area contributed by atoms with Crippen LogP contribution in [-0.2, 0) is 28.6 Å². The van der Waals surface area contributed by atoms with Crippen LogP contribution in [0.3, 0.4) is 0 Å². The number of ether oxygens (including phenoxy) is 3. The Balaban J connectivity index is 4.21. The molecule has 6 heteroatoms. The summed E-state index contributed by atoms with van der Waals surface area (Å²) in [5.41, 5.74) is 0. The Kier molecular flexibility index (Phi) is 44.2. The number of carbonyl (C=O) groups is 3. The molecule has 0 amide bonds. The van der Waals surface area contributed by atoms with Gasteiger partial charge < -0.3 is 14.2 Å². The fraction of sp³-hybridized carbons (Fsp3) is 0.941. The third-order valence-corrected chi connectivity index (χ3v) is 11.5. The standard InChI is InChI=1S/C51H98O6/c1-5-7-9-11-13-15-16-17-18-19-20-21-22-23-27-30-34-38-42-49(52)55-45-48(57-51(54)44-40-36-32-25-14-12-10-8-6-2)46-56-50(53)43-39-35-31-28-24-26-29-33-37-41-47(3)4/h47-48H,5-46H2,1-4H3/t48-/m1/s1. The van der Waals surface area contributed by atoms with Gasteiger partial charge in [0.2, 0.25) is 0 Å². The van der Waals surface area contributed by atoms with Gasteiger partial charge in [0, 0.05) is 19.3 Å². The topological polar surface area (TPSA) is 78.9 Å². The maximum absolute atomic E-state index is 12.7. The average Bonchev–Trinajstić information content (AvgIpc) is 3.19. The number of hydrogen-bond acceptors (Lipinski definition) is 6. The molecule has 338 valence electrons. The lowest BCUT2D eigenvalue weighted by molar-refractivity contribution is -0.167. The zero-order valence-corrected chi connectivity index (χ0v) is 38.8. The van der Waals surface area contributed by atoms with Crippen molar-refractivity contribution in [3.8, 4) is 0 Å². The highest BCUT2D eigenvalue weighted by atomic mass is 16.6. The van der Waals surface area contributed by atoms with Crippen molar-refractivity contribution < 1.29 is 28.6 Å². The Morgan fingerprint density at radius 2 is 0.579 bits per heavy atom. The first-order chi connectivity index (χ1) is 27.9. The lowest BCUT2D eigenvalue weighted by Gasteiger charge is -2.18. The SMILES string of the molecule is CCCCCCCCCCCCCCCCCCCCC(=O)OC[C@H](COC(=O)CCCCCCCCCCCC(C)C)OC(=O)CCCCCCCCCCC. The van der Waals surface area contributed by atoms with E-state index in [2.05, 4.69) is 27.7 Å². The molecular formula is C51H98O6. The van der Waals surface area contributed by atoms with E-state index in [1.54, 1.807) is 0 Å². The third-order valence-electron chi connectivity index (χ3n) is 11.5. The van der Waals surface area contributed by atoms with Crippen LogP contribution in [-0.4, -0.2) is 37.2 Å². The van der Waals surface area contributed by atoms with Crippen LogP contribution in [0, 0.1) is 5.92 Å². The van der Waals surface area contributed by atoms with Crippen molar-refractivity contribution in [2.75, 3.05) is 13.2 Å². The van der Waals surface area contributed by atoms with E-state index in [0.29, 0.717) is 19.3 Å². The van der Waals surface area contributed by atoms with Gasteiger partial charge in [-0.25, -0.2) is 0 Å².